The molecule has 0 amide bonds. The Morgan fingerprint density at radius 3 is 2.90 bits per heavy atom. The lowest BCUT2D eigenvalue weighted by atomic mass is 10.2. The molecular weight excluding hydrogens is 126 g/mol. The molecule has 1 aromatic heterocycles. The fourth-order valence-electron chi connectivity index (χ4n) is 0.964. The number of aromatic nitrogens is 2. The molecule has 0 saturated carbocycles. The van der Waals surface area contributed by atoms with E-state index in [4.69, 9.17) is 5.73 Å². The number of nitrogens with zero attached hydrogens (tertiary/aromatic N) is 1. The van der Waals surface area contributed by atoms with E-state index in [2.05, 4.69) is 4.98 Å². The van der Waals surface area contributed by atoms with Crippen LogP contribution in [0.5, 0.6) is 0 Å². The number of nitrogens with two attached hydrogens (primary N) is 1. The second-order valence-electron chi connectivity index (χ2n) is 2.77. The Bertz CT molecular complexity index is 202. The van der Waals surface area contributed by atoms with Gasteiger partial charge < -0.3 is 5.73 Å². The van der Waals surface area contributed by atoms with Crippen LogP contribution in [-0.4, -0.2) is 11.0 Å². The Kier molecular flexibility index (Phi) is 2.06. The molecule has 10 heavy (non-hydrogen) atoms. The molecule has 0 aromatic carbocycles. The number of imidazole rings is 1. The normalized spacial score (nSPS) is 13.5. The number of rotatable bonds is 2. The van der Waals surface area contributed by atoms with Crippen LogP contribution in [-0.2, 0) is 13.5 Å². The van der Waals surface area contributed by atoms with Gasteiger partial charge in [0.2, 0.25) is 6.33 Å². The molecule has 56 valence electrons. The van der Waals surface area contributed by atoms with Gasteiger partial charge in [0.05, 0.1) is 7.05 Å². The quantitative estimate of drug-likeness (QED) is 0.546. The van der Waals surface area contributed by atoms with Gasteiger partial charge in [-0.15, -0.1) is 0 Å². The third-order valence-corrected chi connectivity index (χ3v) is 1.35. The molecule has 0 unspecified atom stereocenters. The highest BCUT2D eigenvalue weighted by atomic mass is 15.0. The lowest BCUT2D eigenvalue weighted by Gasteiger charge is -1.96. The lowest BCUT2D eigenvalue weighted by Crippen LogP contribution is -2.23. The second kappa shape index (κ2) is 2.84. The van der Waals surface area contributed by atoms with Gasteiger partial charge >= 0.3 is 0 Å². The van der Waals surface area contributed by atoms with Crippen LogP contribution in [0, 0.1) is 0 Å². The van der Waals surface area contributed by atoms with Gasteiger partial charge in [-0.2, -0.15) is 0 Å². The van der Waals surface area contributed by atoms with Crippen LogP contribution in [0.4, 0.5) is 0 Å². The van der Waals surface area contributed by atoms with Crippen LogP contribution in [0.2, 0.25) is 0 Å². The summed E-state index contributed by atoms with van der Waals surface area (Å²) in [6.07, 6.45) is 4.88. The van der Waals surface area contributed by atoms with Crippen LogP contribution < -0.4 is 10.3 Å². The molecule has 3 nitrogen and oxygen atoms in total. The number of nitrogens with one attached hydrogen (secondary N) is 1. The summed E-state index contributed by atoms with van der Waals surface area (Å²) in [5.74, 6) is 0. The van der Waals surface area contributed by atoms with Crippen LogP contribution in [0.15, 0.2) is 12.5 Å². The van der Waals surface area contributed by atoms with E-state index in [0.29, 0.717) is 0 Å². The first kappa shape index (κ1) is 7.28. The SMILES string of the molecule is C[C@H](N)Cc1c[n+](C)c[nH]1. The first-order valence-electron chi connectivity index (χ1n) is 3.46. The Balaban J connectivity index is 2.58. The Morgan fingerprint density at radius 1 is 1.80 bits per heavy atom. The summed E-state index contributed by atoms with van der Waals surface area (Å²) in [6, 6.07) is 0.235. The topological polar surface area (TPSA) is 45.7 Å². The first-order valence-corrected chi connectivity index (χ1v) is 3.46. The smallest absolute Gasteiger partial charge is 0.241 e. The predicted octanol–water partition coefficient (Wildman–Crippen LogP) is -0.271. The zero-order chi connectivity index (χ0) is 7.56. The van der Waals surface area contributed by atoms with Gasteiger partial charge in [0.25, 0.3) is 0 Å². The molecule has 0 aliphatic carbocycles. The van der Waals surface area contributed by atoms with Crippen molar-refractivity contribution < 1.29 is 4.57 Å². The van der Waals surface area contributed by atoms with Crippen molar-refractivity contribution >= 4 is 0 Å². The highest BCUT2D eigenvalue weighted by Crippen LogP contribution is 1.92. The summed E-state index contributed by atoms with van der Waals surface area (Å²) >= 11 is 0. The molecule has 0 radical (unpaired) electrons. The summed E-state index contributed by atoms with van der Waals surface area (Å²) in [6.45, 7) is 2.00. The van der Waals surface area contributed by atoms with Gasteiger partial charge in [-0.3, -0.25) is 0 Å². The minimum Gasteiger partial charge on any atom is -0.328 e. The zero-order valence-corrected chi connectivity index (χ0v) is 6.46. The number of aryl methyl sites for hydroxylation is 1. The fourth-order valence-corrected chi connectivity index (χ4v) is 0.964. The Hall–Kier alpha value is -0.830. The van der Waals surface area contributed by atoms with Gasteiger partial charge in [-0.25, -0.2) is 9.55 Å². The largest absolute Gasteiger partial charge is 0.328 e. The standard InChI is InChI=1S/C7H13N3/c1-6(8)3-7-4-10(2)5-9-7/h4-6H,3,8H2,1-2H3/p+1/t6-/m0/s1. The van der Waals surface area contributed by atoms with Crippen molar-refractivity contribution in [3.63, 3.8) is 0 Å². The molecule has 1 rings (SSSR count). The zero-order valence-electron chi connectivity index (χ0n) is 6.46. The highest BCUT2D eigenvalue weighted by molar-refractivity contribution is 4.91. The van der Waals surface area contributed by atoms with Crippen LogP contribution in [0.25, 0.3) is 0 Å². The third kappa shape index (κ3) is 1.84. The van der Waals surface area contributed by atoms with Crippen molar-refractivity contribution in [3.05, 3.63) is 18.2 Å². The van der Waals surface area contributed by atoms with Gasteiger partial charge in [0.15, 0.2) is 0 Å². The van der Waals surface area contributed by atoms with Gasteiger partial charge in [-0.1, -0.05) is 0 Å². The maximum Gasteiger partial charge on any atom is 0.241 e. The van der Waals surface area contributed by atoms with E-state index in [1.807, 2.05) is 31.1 Å². The average Bonchev–Trinajstić information content (AvgIpc) is 2.13. The molecule has 0 saturated heterocycles. The summed E-state index contributed by atoms with van der Waals surface area (Å²) < 4.78 is 1.98. The van der Waals surface area contributed by atoms with E-state index in [9.17, 15) is 0 Å². The highest BCUT2D eigenvalue weighted by Gasteiger charge is 2.03. The summed E-state index contributed by atoms with van der Waals surface area (Å²) in [5, 5.41) is 0. The first-order chi connectivity index (χ1) is 4.68. The maximum atomic E-state index is 5.60. The van der Waals surface area contributed by atoms with E-state index in [-0.39, 0.29) is 6.04 Å². The van der Waals surface area contributed by atoms with E-state index in [1.165, 1.54) is 5.69 Å². The second-order valence-corrected chi connectivity index (χ2v) is 2.77. The van der Waals surface area contributed by atoms with Gasteiger partial charge in [-0.05, 0) is 6.92 Å². The number of hydrogen-bond acceptors (Lipinski definition) is 1. The number of H-pyrrole nitrogens is 1. The molecular formula is C7H14N3+. The van der Waals surface area contributed by atoms with Crippen LogP contribution in [0.1, 0.15) is 12.6 Å². The van der Waals surface area contributed by atoms with Crippen molar-refractivity contribution in [1.29, 1.82) is 0 Å². The number of hydrogen-bond donors (Lipinski definition) is 2. The third-order valence-electron chi connectivity index (χ3n) is 1.35. The van der Waals surface area contributed by atoms with Crippen molar-refractivity contribution in [2.24, 2.45) is 12.8 Å². The molecule has 1 atom stereocenters. The molecule has 0 aliphatic heterocycles. The summed E-state index contributed by atoms with van der Waals surface area (Å²) in [5.41, 5.74) is 6.80. The molecule has 1 heterocycles. The maximum absolute atomic E-state index is 5.60. The Labute approximate surface area is 60.9 Å². The molecule has 0 aliphatic rings. The van der Waals surface area contributed by atoms with Crippen molar-refractivity contribution in [2.75, 3.05) is 0 Å². The fraction of sp³-hybridized carbons (Fsp3) is 0.571. The average molecular weight is 140 g/mol. The summed E-state index contributed by atoms with van der Waals surface area (Å²) in [4.78, 5) is 3.12. The van der Waals surface area contributed by atoms with E-state index in [0.717, 1.165) is 6.42 Å². The van der Waals surface area contributed by atoms with Crippen molar-refractivity contribution in [1.82, 2.24) is 4.98 Å². The van der Waals surface area contributed by atoms with Crippen LogP contribution >= 0.6 is 0 Å². The lowest BCUT2D eigenvalue weighted by molar-refractivity contribution is -0.670. The molecule has 1 aromatic rings. The minimum atomic E-state index is 0.235. The monoisotopic (exact) mass is 140 g/mol. The van der Waals surface area contributed by atoms with Crippen molar-refractivity contribution in [2.45, 2.75) is 19.4 Å². The molecule has 3 heteroatoms. The van der Waals surface area contributed by atoms with Crippen LogP contribution in [0.3, 0.4) is 0 Å². The predicted molar refractivity (Wildman–Crippen MR) is 39.3 cm³/mol. The molecule has 0 spiro atoms. The van der Waals surface area contributed by atoms with Crippen molar-refractivity contribution in [3.8, 4) is 0 Å². The van der Waals surface area contributed by atoms with Gasteiger partial charge in [0, 0.05) is 12.5 Å². The van der Waals surface area contributed by atoms with E-state index < -0.39 is 0 Å². The molecule has 0 bridgehead atoms. The van der Waals surface area contributed by atoms with E-state index >= 15 is 0 Å². The number of aromatic amines is 1. The minimum absolute atomic E-state index is 0.235. The molecule has 0 fully saturated rings. The summed E-state index contributed by atoms with van der Waals surface area (Å²) in [7, 11) is 1.99. The Morgan fingerprint density at radius 2 is 2.50 bits per heavy atom. The van der Waals surface area contributed by atoms with E-state index in [1.54, 1.807) is 0 Å². The van der Waals surface area contributed by atoms with Gasteiger partial charge in [0.1, 0.15) is 11.9 Å². The molecule has 3 N–H and O–H groups in total.